The maximum absolute atomic E-state index is 13.1. The third kappa shape index (κ3) is 2.91. The predicted molar refractivity (Wildman–Crippen MR) is 90.9 cm³/mol. The van der Waals surface area contributed by atoms with E-state index in [0.717, 1.165) is 16.8 Å². The van der Waals surface area contributed by atoms with E-state index in [1.165, 1.54) is 18.5 Å². The van der Waals surface area contributed by atoms with Gasteiger partial charge in [-0.15, -0.1) is 3.89 Å². The van der Waals surface area contributed by atoms with Gasteiger partial charge in [0.25, 0.3) is 0 Å². The molecule has 2 aromatic carbocycles. The zero-order valence-electron chi connectivity index (χ0n) is 12.9. The largest absolute Gasteiger partial charge is 0.332 e. The van der Waals surface area contributed by atoms with Crippen LogP contribution < -0.4 is 5.32 Å². The highest BCUT2D eigenvalue weighted by molar-refractivity contribution is 7.86. The van der Waals surface area contributed by atoms with Crippen LogP contribution in [0.3, 0.4) is 0 Å². The smallest absolute Gasteiger partial charge is 0.324 e. The molecule has 1 aliphatic heterocycles. The van der Waals surface area contributed by atoms with Crippen molar-refractivity contribution in [3.8, 4) is 0 Å². The first-order valence-corrected chi connectivity index (χ1v) is 8.89. The van der Waals surface area contributed by atoms with Crippen LogP contribution in [0.2, 0.25) is 0 Å². The Balaban J connectivity index is 1.76. The molecule has 0 bridgehead atoms. The molecule has 0 aliphatic carbocycles. The number of halogens is 1. The molecule has 0 radical (unpaired) electrons. The van der Waals surface area contributed by atoms with E-state index in [4.69, 9.17) is 0 Å². The van der Waals surface area contributed by atoms with E-state index in [-0.39, 0.29) is 10.9 Å². The minimum Gasteiger partial charge on any atom is -0.324 e. The highest BCUT2D eigenvalue weighted by atomic mass is 32.3. The standard InChI is InChI=1S/C17H13FN4O2S/c18-25(23,24)14-8-6-12(7-9-14)15-10-16(13-4-2-1-3-5-13)22-17(21-15)19-11-20-22/h1-11,16H,(H,19,20,21)/t16-/m1/s1. The van der Waals surface area contributed by atoms with Crippen LogP contribution in [0, 0.1) is 0 Å². The number of rotatable bonds is 3. The van der Waals surface area contributed by atoms with Gasteiger partial charge in [-0.1, -0.05) is 42.5 Å². The van der Waals surface area contributed by atoms with Crippen molar-refractivity contribution in [2.24, 2.45) is 0 Å². The summed E-state index contributed by atoms with van der Waals surface area (Å²) >= 11 is 0. The summed E-state index contributed by atoms with van der Waals surface area (Å²) in [6.07, 6.45) is 3.43. The quantitative estimate of drug-likeness (QED) is 0.730. The van der Waals surface area contributed by atoms with Crippen LogP contribution in [0.4, 0.5) is 9.83 Å². The van der Waals surface area contributed by atoms with Crippen molar-refractivity contribution < 1.29 is 12.3 Å². The Bertz CT molecular complexity index is 1040. The van der Waals surface area contributed by atoms with E-state index in [1.54, 1.807) is 16.8 Å². The second-order valence-corrected chi connectivity index (χ2v) is 6.90. The third-order valence-corrected chi connectivity index (χ3v) is 4.83. The number of fused-ring (bicyclic) bond motifs is 1. The van der Waals surface area contributed by atoms with Crippen molar-refractivity contribution >= 4 is 21.9 Å². The molecule has 0 fully saturated rings. The van der Waals surface area contributed by atoms with Gasteiger partial charge in [-0.05, 0) is 29.3 Å². The van der Waals surface area contributed by atoms with E-state index >= 15 is 0 Å². The molecule has 0 spiro atoms. The molecule has 126 valence electrons. The minimum atomic E-state index is -4.71. The minimum absolute atomic E-state index is 0.153. The van der Waals surface area contributed by atoms with Gasteiger partial charge in [-0.2, -0.15) is 18.5 Å². The van der Waals surface area contributed by atoms with Gasteiger partial charge < -0.3 is 5.32 Å². The van der Waals surface area contributed by atoms with E-state index in [0.29, 0.717) is 5.95 Å². The maximum Gasteiger partial charge on any atom is 0.332 e. The van der Waals surface area contributed by atoms with Crippen molar-refractivity contribution in [3.63, 3.8) is 0 Å². The van der Waals surface area contributed by atoms with Gasteiger partial charge in [0.2, 0.25) is 5.95 Å². The predicted octanol–water partition coefficient (Wildman–Crippen LogP) is 2.99. The Morgan fingerprint density at radius 2 is 1.76 bits per heavy atom. The Morgan fingerprint density at radius 3 is 2.44 bits per heavy atom. The zero-order valence-corrected chi connectivity index (χ0v) is 13.7. The van der Waals surface area contributed by atoms with Gasteiger partial charge in [0.15, 0.2) is 0 Å². The molecule has 8 heteroatoms. The second-order valence-electron chi connectivity index (χ2n) is 5.55. The van der Waals surface area contributed by atoms with Crippen molar-refractivity contribution in [1.29, 1.82) is 0 Å². The third-order valence-electron chi connectivity index (χ3n) is 4.00. The summed E-state index contributed by atoms with van der Waals surface area (Å²) in [5.74, 6) is 0.577. The Morgan fingerprint density at radius 1 is 1.04 bits per heavy atom. The SMILES string of the molecule is O=S(=O)(F)c1ccc(C2=C[C@H](c3ccccc3)n3ncnc3N2)cc1. The summed E-state index contributed by atoms with van der Waals surface area (Å²) in [6.45, 7) is 0. The summed E-state index contributed by atoms with van der Waals surface area (Å²) < 4.78 is 36.8. The first kappa shape index (κ1) is 15.5. The Kier molecular flexibility index (Phi) is 3.61. The molecule has 1 aromatic heterocycles. The van der Waals surface area contributed by atoms with Gasteiger partial charge in [0.1, 0.15) is 12.4 Å². The first-order valence-electron chi connectivity index (χ1n) is 7.51. The molecule has 3 aromatic rings. The van der Waals surface area contributed by atoms with E-state index in [9.17, 15) is 12.3 Å². The van der Waals surface area contributed by atoms with Crippen LogP contribution in [0.1, 0.15) is 17.2 Å². The summed E-state index contributed by atoms with van der Waals surface area (Å²) in [5, 5.41) is 7.42. The fraction of sp³-hybridized carbons (Fsp3) is 0.0588. The molecule has 6 nitrogen and oxygen atoms in total. The lowest BCUT2D eigenvalue weighted by molar-refractivity contribution is 0.552. The van der Waals surface area contributed by atoms with Gasteiger partial charge in [0, 0.05) is 5.70 Å². The Labute approximate surface area is 143 Å². The molecular formula is C17H13FN4O2S. The normalized spacial score (nSPS) is 16.7. The zero-order chi connectivity index (χ0) is 17.4. The van der Waals surface area contributed by atoms with Crippen LogP contribution in [-0.2, 0) is 10.2 Å². The molecule has 0 saturated carbocycles. The number of hydrogen-bond donors (Lipinski definition) is 1. The molecule has 25 heavy (non-hydrogen) atoms. The van der Waals surface area contributed by atoms with Crippen LogP contribution in [-0.4, -0.2) is 23.2 Å². The molecule has 4 rings (SSSR count). The summed E-state index contributed by atoms with van der Waals surface area (Å²) in [5.41, 5.74) is 2.51. The summed E-state index contributed by atoms with van der Waals surface area (Å²) in [7, 11) is -4.71. The number of allylic oxidation sites excluding steroid dienone is 1. The van der Waals surface area contributed by atoms with Crippen LogP contribution in [0.15, 0.2) is 71.9 Å². The molecule has 0 amide bonds. The fourth-order valence-corrected chi connectivity index (χ4v) is 3.25. The highest BCUT2D eigenvalue weighted by Gasteiger charge is 2.23. The second kappa shape index (κ2) is 5.82. The van der Waals surface area contributed by atoms with Crippen molar-refractivity contribution in [2.45, 2.75) is 10.9 Å². The molecule has 1 N–H and O–H groups in total. The van der Waals surface area contributed by atoms with Crippen molar-refractivity contribution in [2.75, 3.05) is 5.32 Å². The number of hydrogen-bond acceptors (Lipinski definition) is 5. The summed E-state index contributed by atoms with van der Waals surface area (Å²) in [4.78, 5) is 3.84. The van der Waals surface area contributed by atoms with Crippen molar-refractivity contribution in [1.82, 2.24) is 14.8 Å². The highest BCUT2D eigenvalue weighted by Crippen LogP contribution is 2.32. The first-order chi connectivity index (χ1) is 12.0. The fourth-order valence-electron chi connectivity index (χ4n) is 2.79. The average molecular weight is 356 g/mol. The molecule has 1 aliphatic rings. The topological polar surface area (TPSA) is 76.9 Å². The van der Waals surface area contributed by atoms with Gasteiger partial charge in [-0.25, -0.2) is 4.68 Å². The lowest BCUT2D eigenvalue weighted by atomic mass is 10.0. The van der Waals surface area contributed by atoms with Crippen LogP contribution in [0.25, 0.3) is 5.70 Å². The Hall–Kier alpha value is -3.00. The number of benzene rings is 2. The van der Waals surface area contributed by atoms with Gasteiger partial charge in [0.05, 0.1) is 4.90 Å². The van der Waals surface area contributed by atoms with E-state index < -0.39 is 10.2 Å². The molecule has 0 saturated heterocycles. The van der Waals surface area contributed by atoms with E-state index in [1.807, 2.05) is 36.4 Å². The molecule has 0 unspecified atom stereocenters. The molecule has 2 heterocycles. The number of nitrogens with zero attached hydrogens (tertiary/aromatic N) is 3. The molecular weight excluding hydrogens is 343 g/mol. The molecule has 1 atom stereocenters. The number of nitrogens with one attached hydrogen (secondary N) is 1. The van der Waals surface area contributed by atoms with E-state index in [2.05, 4.69) is 15.4 Å². The number of anilines is 1. The van der Waals surface area contributed by atoms with Crippen molar-refractivity contribution in [3.05, 3.63) is 78.1 Å². The van der Waals surface area contributed by atoms with Gasteiger partial charge in [-0.3, -0.25) is 0 Å². The van der Waals surface area contributed by atoms with Crippen LogP contribution >= 0.6 is 0 Å². The summed E-state index contributed by atoms with van der Waals surface area (Å²) in [6, 6.07) is 15.3. The monoisotopic (exact) mass is 356 g/mol. The average Bonchev–Trinajstić information content (AvgIpc) is 3.09. The number of aromatic nitrogens is 3. The maximum atomic E-state index is 13.1. The van der Waals surface area contributed by atoms with Crippen LogP contribution in [0.5, 0.6) is 0 Å². The van der Waals surface area contributed by atoms with Gasteiger partial charge >= 0.3 is 10.2 Å². The lowest BCUT2D eigenvalue weighted by Crippen LogP contribution is -2.20. The lowest BCUT2D eigenvalue weighted by Gasteiger charge is -2.24.